The molecule has 186 valence electrons. The number of amides is 3. The molecule has 1 aromatic heterocycles. The van der Waals surface area contributed by atoms with Gasteiger partial charge >= 0.3 is 6.03 Å². The van der Waals surface area contributed by atoms with Crippen molar-refractivity contribution in [2.75, 3.05) is 47.0 Å². The first-order valence-electron chi connectivity index (χ1n) is 11.2. The zero-order chi connectivity index (χ0) is 25.5. The van der Waals surface area contributed by atoms with Crippen molar-refractivity contribution >= 4 is 52.4 Å². The summed E-state index contributed by atoms with van der Waals surface area (Å²) in [6.45, 7) is 4.81. The van der Waals surface area contributed by atoms with E-state index >= 15 is 0 Å². The number of carbonyl (C=O) groups is 2. The first kappa shape index (κ1) is 24.9. The number of aromatic nitrogens is 2. The van der Waals surface area contributed by atoms with Crippen LogP contribution in [-0.4, -0.2) is 53.0 Å². The van der Waals surface area contributed by atoms with E-state index in [1.54, 1.807) is 47.4 Å². The van der Waals surface area contributed by atoms with Crippen molar-refractivity contribution in [2.24, 2.45) is 0 Å². The Bertz CT molecular complexity index is 1260. The van der Waals surface area contributed by atoms with Gasteiger partial charge in [0.25, 0.3) is 0 Å². The SMILES string of the molecule is C=CC(=O)Nc1ccccc1Nc1ncc(Cl)c(N2CCN(C(=O)Nc3cccc(CF)c3)CC2)n1. The molecule has 2 heterocycles. The fraction of sp³-hybridized carbons (Fsp3) is 0.200. The Morgan fingerprint density at radius 3 is 2.53 bits per heavy atom. The van der Waals surface area contributed by atoms with Gasteiger partial charge in [0.2, 0.25) is 11.9 Å². The van der Waals surface area contributed by atoms with Crippen LogP contribution in [0.25, 0.3) is 0 Å². The molecule has 0 saturated carbocycles. The third-order valence-electron chi connectivity index (χ3n) is 5.54. The highest BCUT2D eigenvalue weighted by molar-refractivity contribution is 6.32. The van der Waals surface area contributed by atoms with Crippen LogP contribution in [0.1, 0.15) is 5.56 Å². The summed E-state index contributed by atoms with van der Waals surface area (Å²) < 4.78 is 12.9. The van der Waals surface area contributed by atoms with Crippen molar-refractivity contribution in [2.45, 2.75) is 6.67 Å². The van der Waals surface area contributed by atoms with Gasteiger partial charge in [0.15, 0.2) is 5.82 Å². The summed E-state index contributed by atoms with van der Waals surface area (Å²) in [5.41, 5.74) is 2.22. The topological polar surface area (TPSA) is 102 Å². The number of urea groups is 1. The van der Waals surface area contributed by atoms with Crippen LogP contribution in [0.3, 0.4) is 0 Å². The van der Waals surface area contributed by atoms with E-state index in [0.717, 1.165) is 0 Å². The molecule has 1 fully saturated rings. The number of halogens is 2. The minimum atomic E-state index is -0.589. The van der Waals surface area contributed by atoms with Gasteiger partial charge in [-0.25, -0.2) is 14.2 Å². The van der Waals surface area contributed by atoms with Gasteiger partial charge in [0.05, 0.1) is 17.6 Å². The van der Waals surface area contributed by atoms with Gasteiger partial charge < -0.3 is 25.8 Å². The highest BCUT2D eigenvalue weighted by Crippen LogP contribution is 2.28. The maximum atomic E-state index is 12.9. The number of nitrogens with zero attached hydrogens (tertiary/aromatic N) is 4. The van der Waals surface area contributed by atoms with Crippen LogP contribution in [0.15, 0.2) is 67.4 Å². The van der Waals surface area contributed by atoms with Gasteiger partial charge in [-0.2, -0.15) is 4.98 Å². The maximum absolute atomic E-state index is 12.9. The predicted molar refractivity (Wildman–Crippen MR) is 140 cm³/mol. The number of piperazine rings is 1. The minimum absolute atomic E-state index is 0.250. The Labute approximate surface area is 213 Å². The van der Waals surface area contributed by atoms with Gasteiger partial charge in [0.1, 0.15) is 11.7 Å². The van der Waals surface area contributed by atoms with E-state index in [2.05, 4.69) is 32.5 Å². The Hall–Kier alpha value is -4.18. The lowest BCUT2D eigenvalue weighted by Crippen LogP contribution is -2.50. The summed E-state index contributed by atoms with van der Waals surface area (Å²) in [5.74, 6) is 0.513. The Kier molecular flexibility index (Phi) is 7.96. The van der Waals surface area contributed by atoms with Crippen molar-refractivity contribution in [1.82, 2.24) is 14.9 Å². The number of nitrogens with one attached hydrogen (secondary N) is 3. The molecule has 0 bridgehead atoms. The van der Waals surface area contributed by atoms with Crippen molar-refractivity contribution in [3.05, 3.63) is 78.0 Å². The number of hydrogen-bond donors (Lipinski definition) is 3. The molecule has 0 atom stereocenters. The monoisotopic (exact) mass is 509 g/mol. The molecule has 1 aliphatic rings. The van der Waals surface area contributed by atoms with Gasteiger partial charge in [0, 0.05) is 31.9 Å². The largest absolute Gasteiger partial charge is 0.352 e. The molecule has 0 aliphatic carbocycles. The van der Waals surface area contributed by atoms with Gasteiger partial charge in [-0.05, 0) is 35.9 Å². The summed E-state index contributed by atoms with van der Waals surface area (Å²) >= 11 is 6.40. The molecular weight excluding hydrogens is 485 g/mol. The first-order chi connectivity index (χ1) is 17.5. The molecule has 11 heteroatoms. The van der Waals surface area contributed by atoms with Crippen molar-refractivity contribution < 1.29 is 14.0 Å². The zero-order valence-electron chi connectivity index (χ0n) is 19.4. The van der Waals surface area contributed by atoms with Crippen LogP contribution in [0.5, 0.6) is 0 Å². The van der Waals surface area contributed by atoms with Gasteiger partial charge in [-0.1, -0.05) is 42.4 Å². The van der Waals surface area contributed by atoms with Crippen LogP contribution in [0.4, 0.5) is 38.0 Å². The van der Waals surface area contributed by atoms with Crippen molar-refractivity contribution in [3.8, 4) is 0 Å². The van der Waals surface area contributed by atoms with E-state index in [1.165, 1.54) is 12.3 Å². The molecule has 3 N–H and O–H groups in total. The Morgan fingerprint density at radius 1 is 1.06 bits per heavy atom. The number of benzene rings is 2. The molecule has 3 amide bonds. The van der Waals surface area contributed by atoms with E-state index in [1.807, 2.05) is 11.0 Å². The molecule has 1 aliphatic heterocycles. The van der Waals surface area contributed by atoms with Crippen LogP contribution in [-0.2, 0) is 11.5 Å². The summed E-state index contributed by atoms with van der Waals surface area (Å²) in [7, 11) is 0. The second-order valence-corrected chi connectivity index (χ2v) is 8.37. The third kappa shape index (κ3) is 6.08. The van der Waals surface area contributed by atoms with Crippen LogP contribution < -0.4 is 20.9 Å². The molecular formula is C25H25ClFN7O2. The highest BCUT2D eigenvalue weighted by Gasteiger charge is 2.24. The molecule has 1 saturated heterocycles. The summed E-state index contributed by atoms with van der Waals surface area (Å²) in [6, 6.07) is 13.6. The first-order valence-corrected chi connectivity index (χ1v) is 11.6. The predicted octanol–water partition coefficient (Wildman–Crippen LogP) is 4.82. The van der Waals surface area contributed by atoms with E-state index in [0.29, 0.717) is 65.6 Å². The normalized spacial score (nSPS) is 13.2. The third-order valence-corrected chi connectivity index (χ3v) is 5.81. The van der Waals surface area contributed by atoms with E-state index in [-0.39, 0.29) is 11.9 Å². The number of carbonyl (C=O) groups excluding carboxylic acids is 2. The number of para-hydroxylation sites is 2. The van der Waals surface area contributed by atoms with Crippen LogP contribution in [0.2, 0.25) is 5.02 Å². The molecule has 2 aromatic carbocycles. The van der Waals surface area contributed by atoms with Crippen LogP contribution >= 0.6 is 11.6 Å². The quantitative estimate of drug-likeness (QED) is 0.395. The lowest BCUT2D eigenvalue weighted by molar-refractivity contribution is -0.111. The van der Waals surface area contributed by atoms with Crippen molar-refractivity contribution in [3.63, 3.8) is 0 Å². The lowest BCUT2D eigenvalue weighted by atomic mass is 10.2. The molecule has 36 heavy (non-hydrogen) atoms. The van der Waals surface area contributed by atoms with Gasteiger partial charge in [-0.3, -0.25) is 4.79 Å². The lowest BCUT2D eigenvalue weighted by Gasteiger charge is -2.35. The number of hydrogen-bond acceptors (Lipinski definition) is 6. The molecule has 0 unspecified atom stereocenters. The van der Waals surface area contributed by atoms with Gasteiger partial charge in [-0.15, -0.1) is 0 Å². The number of rotatable bonds is 7. The summed E-state index contributed by atoms with van der Waals surface area (Å²) in [6.07, 6.45) is 2.70. The second-order valence-electron chi connectivity index (χ2n) is 7.97. The molecule has 0 spiro atoms. The van der Waals surface area contributed by atoms with E-state index < -0.39 is 6.67 Å². The fourth-order valence-corrected chi connectivity index (χ4v) is 3.91. The Morgan fingerprint density at radius 2 is 1.81 bits per heavy atom. The summed E-state index contributed by atoms with van der Waals surface area (Å²) in [4.78, 5) is 36.9. The number of alkyl halides is 1. The standard InChI is InChI=1S/C25H25ClFN7O2/c1-2-22(35)30-20-8-3-4-9-21(20)31-24-28-16-19(26)23(32-24)33-10-12-34(13-11-33)25(36)29-18-7-5-6-17(14-18)15-27/h2-9,14,16H,1,10-13,15H2,(H,29,36)(H,30,35)(H,28,31,32). The average Bonchev–Trinajstić information content (AvgIpc) is 2.91. The number of anilines is 5. The Balaban J connectivity index is 1.41. The van der Waals surface area contributed by atoms with E-state index in [9.17, 15) is 14.0 Å². The maximum Gasteiger partial charge on any atom is 0.321 e. The fourth-order valence-electron chi connectivity index (χ4n) is 3.70. The highest BCUT2D eigenvalue weighted by atomic mass is 35.5. The minimum Gasteiger partial charge on any atom is -0.352 e. The zero-order valence-corrected chi connectivity index (χ0v) is 20.1. The smallest absolute Gasteiger partial charge is 0.321 e. The molecule has 4 rings (SSSR count). The van der Waals surface area contributed by atoms with Crippen molar-refractivity contribution in [1.29, 1.82) is 0 Å². The second kappa shape index (κ2) is 11.5. The molecule has 3 aromatic rings. The summed E-state index contributed by atoms with van der Waals surface area (Å²) in [5, 5.41) is 9.05. The molecule has 9 nitrogen and oxygen atoms in total. The molecule has 0 radical (unpaired) electrons. The van der Waals surface area contributed by atoms with Crippen LogP contribution in [0, 0.1) is 0 Å². The van der Waals surface area contributed by atoms with E-state index in [4.69, 9.17) is 11.6 Å². The average molecular weight is 510 g/mol.